The molecule has 3 fully saturated rings. The highest BCUT2D eigenvalue weighted by atomic mass is 35.5. The fraction of sp³-hybridized carbons (Fsp3) is 0.933. The maximum atomic E-state index is 12.2. The molecule has 5 atom stereocenters. The number of hydrogen-bond acceptors (Lipinski definition) is 2. The van der Waals surface area contributed by atoms with Crippen molar-refractivity contribution in [3.63, 3.8) is 0 Å². The van der Waals surface area contributed by atoms with E-state index in [1.807, 2.05) is 0 Å². The lowest BCUT2D eigenvalue weighted by Crippen LogP contribution is -2.51. The summed E-state index contributed by atoms with van der Waals surface area (Å²) in [7, 11) is 0. The van der Waals surface area contributed by atoms with Crippen LogP contribution in [0.3, 0.4) is 0 Å². The van der Waals surface area contributed by atoms with E-state index < -0.39 is 0 Å². The first-order chi connectivity index (χ1) is 8.74. The molecule has 3 aliphatic rings. The molecule has 3 nitrogen and oxygen atoms in total. The fourth-order valence-electron chi connectivity index (χ4n) is 4.41. The van der Waals surface area contributed by atoms with Crippen LogP contribution in [0.25, 0.3) is 0 Å². The van der Waals surface area contributed by atoms with Crippen molar-refractivity contribution in [1.29, 1.82) is 0 Å². The van der Waals surface area contributed by atoms with Gasteiger partial charge < -0.3 is 10.6 Å². The number of amides is 1. The minimum Gasteiger partial charge on any atom is -0.352 e. The number of halogens is 1. The van der Waals surface area contributed by atoms with Crippen molar-refractivity contribution in [2.45, 2.75) is 64.0 Å². The molecule has 2 aliphatic carbocycles. The summed E-state index contributed by atoms with van der Waals surface area (Å²) in [5.74, 6) is 2.85. The van der Waals surface area contributed by atoms with Crippen LogP contribution in [0.15, 0.2) is 0 Å². The Bertz CT molecular complexity index is 317. The van der Waals surface area contributed by atoms with Crippen LogP contribution in [0.4, 0.5) is 0 Å². The molecule has 0 aromatic carbocycles. The molecule has 19 heavy (non-hydrogen) atoms. The molecule has 1 heterocycles. The summed E-state index contributed by atoms with van der Waals surface area (Å²) < 4.78 is 0. The van der Waals surface area contributed by atoms with Gasteiger partial charge in [0.25, 0.3) is 0 Å². The number of nitrogens with one attached hydrogen (secondary N) is 2. The van der Waals surface area contributed by atoms with Gasteiger partial charge in [0, 0.05) is 6.04 Å². The van der Waals surface area contributed by atoms with Crippen LogP contribution in [-0.2, 0) is 4.79 Å². The lowest BCUT2D eigenvalue weighted by molar-refractivity contribution is -0.124. The molecule has 0 aromatic rings. The third kappa shape index (κ3) is 3.25. The van der Waals surface area contributed by atoms with Gasteiger partial charge in [0.05, 0.1) is 6.04 Å². The number of carbonyl (C=O) groups is 1. The van der Waals surface area contributed by atoms with Gasteiger partial charge in [0.15, 0.2) is 0 Å². The Balaban J connectivity index is 0.00000133. The van der Waals surface area contributed by atoms with Gasteiger partial charge in [-0.05, 0) is 63.3 Å². The van der Waals surface area contributed by atoms with Crippen molar-refractivity contribution in [1.82, 2.24) is 10.6 Å². The van der Waals surface area contributed by atoms with Gasteiger partial charge in [-0.3, -0.25) is 4.79 Å². The minimum absolute atomic E-state index is 0. The Morgan fingerprint density at radius 1 is 1.21 bits per heavy atom. The predicted molar refractivity (Wildman–Crippen MR) is 79.4 cm³/mol. The largest absolute Gasteiger partial charge is 0.352 e. The van der Waals surface area contributed by atoms with Gasteiger partial charge in [-0.1, -0.05) is 12.8 Å². The highest BCUT2D eigenvalue weighted by Gasteiger charge is 2.42. The first-order valence-corrected chi connectivity index (χ1v) is 7.78. The molecule has 0 radical (unpaired) electrons. The van der Waals surface area contributed by atoms with Crippen LogP contribution in [0, 0.1) is 17.8 Å². The van der Waals surface area contributed by atoms with Crippen molar-refractivity contribution in [3.05, 3.63) is 0 Å². The Kier molecular flexibility index (Phi) is 5.13. The van der Waals surface area contributed by atoms with Gasteiger partial charge >= 0.3 is 0 Å². The average molecular weight is 287 g/mol. The number of piperidine rings is 1. The molecule has 1 saturated heterocycles. The van der Waals surface area contributed by atoms with E-state index in [-0.39, 0.29) is 24.4 Å². The van der Waals surface area contributed by atoms with Crippen LogP contribution in [0.2, 0.25) is 0 Å². The van der Waals surface area contributed by atoms with E-state index in [2.05, 4.69) is 17.6 Å². The van der Waals surface area contributed by atoms with Gasteiger partial charge in [-0.25, -0.2) is 0 Å². The van der Waals surface area contributed by atoms with E-state index in [1.54, 1.807) is 0 Å². The molecule has 2 bridgehead atoms. The Morgan fingerprint density at radius 2 is 2.05 bits per heavy atom. The van der Waals surface area contributed by atoms with Gasteiger partial charge in [0.2, 0.25) is 5.91 Å². The van der Waals surface area contributed by atoms with Gasteiger partial charge in [-0.15, -0.1) is 12.4 Å². The lowest BCUT2D eigenvalue weighted by Gasteiger charge is -2.31. The summed E-state index contributed by atoms with van der Waals surface area (Å²) in [6, 6.07) is 0.441. The molecular weight excluding hydrogens is 260 g/mol. The number of rotatable bonds is 3. The van der Waals surface area contributed by atoms with Crippen LogP contribution >= 0.6 is 12.4 Å². The standard InChI is InChI=1S/C15H26N2O.ClH/c1-10(13-9-11-5-6-12(13)8-11)17-15(18)14-4-2-3-7-16-14;/h10-14,16H,2-9H2,1H3,(H,17,18);1H. The van der Waals surface area contributed by atoms with Crippen LogP contribution in [0.5, 0.6) is 0 Å². The fourth-order valence-corrected chi connectivity index (χ4v) is 4.41. The SMILES string of the molecule is CC(NC(=O)C1CCCCN1)C1CC2CCC1C2.Cl. The van der Waals surface area contributed by atoms with E-state index >= 15 is 0 Å². The van der Waals surface area contributed by atoms with E-state index in [4.69, 9.17) is 0 Å². The quantitative estimate of drug-likeness (QED) is 0.837. The topological polar surface area (TPSA) is 41.1 Å². The second kappa shape index (κ2) is 6.45. The molecule has 2 saturated carbocycles. The molecule has 0 aromatic heterocycles. The van der Waals surface area contributed by atoms with E-state index in [9.17, 15) is 4.79 Å². The molecule has 1 amide bonds. The summed E-state index contributed by atoms with van der Waals surface area (Å²) >= 11 is 0. The monoisotopic (exact) mass is 286 g/mol. The first-order valence-electron chi connectivity index (χ1n) is 7.78. The highest BCUT2D eigenvalue weighted by Crippen LogP contribution is 2.49. The molecule has 3 rings (SSSR count). The summed E-state index contributed by atoms with van der Waals surface area (Å²) in [5.41, 5.74) is 0. The maximum Gasteiger partial charge on any atom is 0.237 e. The van der Waals surface area contributed by atoms with Crippen molar-refractivity contribution in [2.24, 2.45) is 17.8 Å². The van der Waals surface area contributed by atoms with Crippen LogP contribution in [0.1, 0.15) is 51.9 Å². The summed E-state index contributed by atoms with van der Waals surface area (Å²) in [6.07, 6.45) is 9.02. The summed E-state index contributed by atoms with van der Waals surface area (Å²) in [5, 5.41) is 6.61. The lowest BCUT2D eigenvalue weighted by atomic mass is 9.84. The van der Waals surface area contributed by atoms with Crippen LogP contribution in [-0.4, -0.2) is 24.5 Å². The molecule has 1 aliphatic heterocycles. The zero-order valence-corrected chi connectivity index (χ0v) is 12.7. The Hall–Kier alpha value is -0.280. The molecule has 4 heteroatoms. The first kappa shape index (κ1) is 15.1. The predicted octanol–water partition coefficient (Wildman–Crippen LogP) is 2.49. The molecule has 110 valence electrons. The normalized spacial score (nSPS) is 38.6. The third-order valence-corrected chi connectivity index (χ3v) is 5.43. The molecular formula is C15H27ClN2O. The van der Waals surface area contributed by atoms with Crippen LogP contribution < -0.4 is 10.6 Å². The zero-order valence-electron chi connectivity index (χ0n) is 11.9. The van der Waals surface area contributed by atoms with Crippen molar-refractivity contribution in [2.75, 3.05) is 6.54 Å². The second-order valence-electron chi connectivity index (χ2n) is 6.64. The van der Waals surface area contributed by atoms with E-state index in [0.717, 1.165) is 30.7 Å². The van der Waals surface area contributed by atoms with Crippen molar-refractivity contribution >= 4 is 18.3 Å². The summed E-state index contributed by atoms with van der Waals surface area (Å²) in [4.78, 5) is 12.2. The average Bonchev–Trinajstić information content (AvgIpc) is 3.02. The zero-order chi connectivity index (χ0) is 12.5. The Morgan fingerprint density at radius 3 is 2.63 bits per heavy atom. The van der Waals surface area contributed by atoms with Gasteiger partial charge in [0.1, 0.15) is 0 Å². The smallest absolute Gasteiger partial charge is 0.237 e. The number of fused-ring (bicyclic) bond motifs is 2. The molecule has 2 N–H and O–H groups in total. The maximum absolute atomic E-state index is 12.2. The Labute approximate surface area is 122 Å². The van der Waals surface area contributed by atoms with Crippen molar-refractivity contribution < 1.29 is 4.79 Å². The molecule has 0 spiro atoms. The second-order valence-corrected chi connectivity index (χ2v) is 6.64. The van der Waals surface area contributed by atoms with E-state index in [0.29, 0.717) is 6.04 Å². The molecule has 5 unspecified atom stereocenters. The summed E-state index contributed by atoms with van der Waals surface area (Å²) in [6.45, 7) is 3.21. The number of carbonyl (C=O) groups excluding carboxylic acids is 1. The third-order valence-electron chi connectivity index (χ3n) is 5.43. The van der Waals surface area contributed by atoms with Gasteiger partial charge in [-0.2, -0.15) is 0 Å². The van der Waals surface area contributed by atoms with E-state index in [1.165, 1.54) is 38.5 Å². The van der Waals surface area contributed by atoms with Crippen molar-refractivity contribution in [3.8, 4) is 0 Å². The number of hydrogen-bond donors (Lipinski definition) is 2. The minimum atomic E-state index is 0. The highest BCUT2D eigenvalue weighted by molar-refractivity contribution is 5.85.